The van der Waals surface area contributed by atoms with Crippen LogP contribution in [0, 0.1) is 6.92 Å². The molecule has 0 saturated heterocycles. The van der Waals surface area contributed by atoms with Gasteiger partial charge in [0, 0.05) is 25.2 Å². The highest BCUT2D eigenvalue weighted by Crippen LogP contribution is 2.27. The van der Waals surface area contributed by atoms with Crippen LogP contribution in [0.15, 0.2) is 71.6 Å². The van der Waals surface area contributed by atoms with Crippen LogP contribution < -0.4 is 10.0 Å². The summed E-state index contributed by atoms with van der Waals surface area (Å²) in [5, 5.41) is 2.60. The number of benzene rings is 3. The Morgan fingerprint density at radius 1 is 1.00 bits per heavy atom. The number of imidazole rings is 1. The summed E-state index contributed by atoms with van der Waals surface area (Å²) in [6.07, 6.45) is 0. The second-order valence-corrected chi connectivity index (χ2v) is 8.96. The van der Waals surface area contributed by atoms with Gasteiger partial charge in [0.25, 0.3) is 15.9 Å². The zero-order valence-electron chi connectivity index (χ0n) is 17.4. The number of fused-ring (bicyclic) bond motifs is 1. The third-order valence-electron chi connectivity index (χ3n) is 5.07. The van der Waals surface area contributed by atoms with Crippen LogP contribution in [0.3, 0.4) is 0 Å². The average molecular weight is 435 g/mol. The minimum Gasteiger partial charge on any atom is -0.355 e. The second-order valence-electron chi connectivity index (χ2n) is 7.28. The summed E-state index contributed by atoms with van der Waals surface area (Å²) in [4.78, 5) is 16.6. The predicted octanol–water partition coefficient (Wildman–Crippen LogP) is 3.71. The Hall–Kier alpha value is -3.65. The lowest BCUT2D eigenvalue weighted by Gasteiger charge is -2.09. The molecule has 0 aliphatic rings. The van der Waals surface area contributed by atoms with E-state index >= 15 is 0 Å². The summed E-state index contributed by atoms with van der Waals surface area (Å²) in [7, 11) is -0.211. The summed E-state index contributed by atoms with van der Waals surface area (Å²) in [6, 6.07) is 19.2. The van der Waals surface area contributed by atoms with Crippen molar-refractivity contribution in [1.82, 2.24) is 14.9 Å². The number of rotatable bonds is 5. The van der Waals surface area contributed by atoms with E-state index in [0.717, 1.165) is 22.5 Å². The van der Waals surface area contributed by atoms with Gasteiger partial charge < -0.3 is 9.88 Å². The van der Waals surface area contributed by atoms with Gasteiger partial charge in [-0.15, -0.1) is 0 Å². The van der Waals surface area contributed by atoms with Crippen LogP contribution in [0.4, 0.5) is 5.69 Å². The minimum atomic E-state index is -3.70. The summed E-state index contributed by atoms with van der Waals surface area (Å²) in [5.74, 6) is 0.569. The Bertz CT molecular complexity index is 1390. The van der Waals surface area contributed by atoms with E-state index in [1.54, 1.807) is 49.5 Å². The fraction of sp³-hybridized carbons (Fsp3) is 0.130. The summed E-state index contributed by atoms with van der Waals surface area (Å²) in [6.45, 7) is 1.85. The molecule has 0 atom stereocenters. The molecule has 0 saturated carbocycles. The fourth-order valence-electron chi connectivity index (χ4n) is 3.43. The molecule has 0 unspecified atom stereocenters. The van der Waals surface area contributed by atoms with Crippen molar-refractivity contribution in [2.45, 2.75) is 11.8 Å². The van der Waals surface area contributed by atoms with Gasteiger partial charge in [0.05, 0.1) is 21.6 Å². The molecular formula is C23H22N4O3S. The number of anilines is 1. The van der Waals surface area contributed by atoms with E-state index in [2.05, 4.69) is 15.0 Å². The lowest BCUT2D eigenvalue weighted by atomic mass is 10.1. The first kappa shape index (κ1) is 20.6. The molecule has 7 nitrogen and oxygen atoms in total. The molecule has 4 aromatic rings. The monoisotopic (exact) mass is 434 g/mol. The zero-order chi connectivity index (χ0) is 22.2. The molecule has 31 heavy (non-hydrogen) atoms. The first-order chi connectivity index (χ1) is 14.8. The lowest BCUT2D eigenvalue weighted by molar-refractivity contribution is 0.0963. The maximum absolute atomic E-state index is 12.7. The number of aromatic nitrogens is 2. The molecule has 0 spiro atoms. The second kappa shape index (κ2) is 7.88. The SMILES string of the molecule is CNC(=O)c1ccc(-c2nc3cc(NS(=O)(=O)c4cccc(C)c4)ccc3n2C)cc1. The van der Waals surface area contributed by atoms with Crippen LogP contribution in [0.5, 0.6) is 0 Å². The summed E-state index contributed by atoms with van der Waals surface area (Å²) < 4.78 is 30.0. The number of amides is 1. The molecule has 0 radical (unpaired) electrons. The zero-order valence-corrected chi connectivity index (χ0v) is 18.2. The molecule has 0 fully saturated rings. The fourth-order valence-corrected chi connectivity index (χ4v) is 4.59. The van der Waals surface area contributed by atoms with Crippen molar-refractivity contribution in [2.24, 2.45) is 7.05 Å². The number of hydrogen-bond acceptors (Lipinski definition) is 4. The highest BCUT2D eigenvalue weighted by atomic mass is 32.2. The van der Waals surface area contributed by atoms with E-state index in [1.807, 2.05) is 42.8 Å². The number of nitrogens with one attached hydrogen (secondary N) is 2. The van der Waals surface area contributed by atoms with Gasteiger partial charge in [-0.05, 0) is 55.0 Å². The third kappa shape index (κ3) is 4.02. The largest absolute Gasteiger partial charge is 0.355 e. The van der Waals surface area contributed by atoms with Crippen molar-refractivity contribution in [1.29, 1.82) is 0 Å². The molecule has 0 aliphatic carbocycles. The van der Waals surface area contributed by atoms with Gasteiger partial charge in [0.15, 0.2) is 0 Å². The Labute approximate surface area is 180 Å². The molecular weight excluding hydrogens is 412 g/mol. The van der Waals surface area contributed by atoms with Crippen LogP contribution in [0.25, 0.3) is 22.4 Å². The number of aryl methyl sites for hydroxylation is 2. The Kier molecular flexibility index (Phi) is 5.24. The standard InChI is InChI=1S/C23H22N4O3S/c1-15-5-4-6-19(13-15)31(29,30)26-18-11-12-21-20(14-18)25-22(27(21)3)16-7-9-17(10-8-16)23(28)24-2/h4-14,26H,1-3H3,(H,24,28). The van der Waals surface area contributed by atoms with Crippen LogP contribution >= 0.6 is 0 Å². The molecule has 4 rings (SSSR count). The van der Waals surface area contributed by atoms with Gasteiger partial charge in [0.2, 0.25) is 0 Å². The van der Waals surface area contributed by atoms with Crippen LogP contribution in [0.1, 0.15) is 15.9 Å². The van der Waals surface area contributed by atoms with Crippen LogP contribution in [0.2, 0.25) is 0 Å². The van der Waals surface area contributed by atoms with Gasteiger partial charge >= 0.3 is 0 Å². The number of sulfonamides is 1. The van der Waals surface area contributed by atoms with Gasteiger partial charge in [-0.25, -0.2) is 13.4 Å². The molecule has 0 bridgehead atoms. The maximum Gasteiger partial charge on any atom is 0.261 e. The van der Waals surface area contributed by atoms with Crippen LogP contribution in [-0.4, -0.2) is 30.9 Å². The van der Waals surface area contributed by atoms with E-state index < -0.39 is 10.0 Å². The van der Waals surface area contributed by atoms with E-state index in [-0.39, 0.29) is 10.8 Å². The maximum atomic E-state index is 12.7. The lowest BCUT2D eigenvalue weighted by Crippen LogP contribution is -2.17. The van der Waals surface area contributed by atoms with E-state index in [4.69, 9.17) is 0 Å². The molecule has 0 aliphatic heterocycles. The van der Waals surface area contributed by atoms with Crippen LogP contribution in [-0.2, 0) is 17.1 Å². The molecule has 8 heteroatoms. The van der Waals surface area contributed by atoms with E-state index in [1.165, 1.54) is 0 Å². The quantitative estimate of drug-likeness (QED) is 0.501. The minimum absolute atomic E-state index is 0.151. The van der Waals surface area contributed by atoms with Gasteiger partial charge in [0.1, 0.15) is 5.82 Å². The highest BCUT2D eigenvalue weighted by Gasteiger charge is 2.16. The van der Waals surface area contributed by atoms with Crippen molar-refractivity contribution in [3.8, 4) is 11.4 Å². The number of carbonyl (C=O) groups excluding carboxylic acids is 1. The highest BCUT2D eigenvalue weighted by molar-refractivity contribution is 7.92. The van der Waals surface area contributed by atoms with Crippen molar-refractivity contribution in [3.63, 3.8) is 0 Å². The van der Waals surface area contributed by atoms with Crippen molar-refractivity contribution >= 4 is 32.7 Å². The third-order valence-corrected chi connectivity index (χ3v) is 6.44. The number of carbonyl (C=O) groups is 1. The Balaban J connectivity index is 1.67. The normalized spacial score (nSPS) is 11.5. The smallest absolute Gasteiger partial charge is 0.261 e. The van der Waals surface area contributed by atoms with E-state index in [9.17, 15) is 13.2 Å². The Morgan fingerprint density at radius 3 is 2.42 bits per heavy atom. The van der Waals surface area contributed by atoms with Crippen molar-refractivity contribution in [3.05, 3.63) is 77.9 Å². The first-order valence-corrected chi connectivity index (χ1v) is 11.2. The van der Waals surface area contributed by atoms with Crippen molar-refractivity contribution < 1.29 is 13.2 Å². The number of hydrogen-bond donors (Lipinski definition) is 2. The topological polar surface area (TPSA) is 93.1 Å². The molecule has 158 valence electrons. The van der Waals surface area contributed by atoms with Gasteiger partial charge in [-0.1, -0.05) is 24.3 Å². The predicted molar refractivity (Wildman–Crippen MR) is 122 cm³/mol. The number of nitrogens with zero attached hydrogens (tertiary/aromatic N) is 2. The molecule has 1 aromatic heterocycles. The molecule has 3 aromatic carbocycles. The van der Waals surface area contributed by atoms with Crippen molar-refractivity contribution in [2.75, 3.05) is 11.8 Å². The molecule has 1 amide bonds. The molecule has 1 heterocycles. The Morgan fingerprint density at radius 2 is 1.74 bits per heavy atom. The summed E-state index contributed by atoms with van der Waals surface area (Å²) in [5.41, 5.74) is 4.26. The average Bonchev–Trinajstić information content (AvgIpc) is 3.09. The van der Waals surface area contributed by atoms with E-state index in [0.29, 0.717) is 16.8 Å². The first-order valence-electron chi connectivity index (χ1n) is 9.67. The van der Waals surface area contributed by atoms with Gasteiger partial charge in [-0.2, -0.15) is 0 Å². The summed E-state index contributed by atoms with van der Waals surface area (Å²) >= 11 is 0. The molecule has 2 N–H and O–H groups in total. The van der Waals surface area contributed by atoms with Gasteiger partial charge in [-0.3, -0.25) is 9.52 Å².